The molecule has 1 saturated heterocycles. The number of allylic oxidation sites excluding steroid dienone is 1. The molecule has 40 heavy (non-hydrogen) atoms. The lowest BCUT2D eigenvalue weighted by molar-refractivity contribution is -0.139. The summed E-state index contributed by atoms with van der Waals surface area (Å²) in [5, 5.41) is 0. The summed E-state index contributed by atoms with van der Waals surface area (Å²) < 4.78 is 18.6. The highest BCUT2D eigenvalue weighted by Crippen LogP contribution is 2.31. The van der Waals surface area contributed by atoms with Crippen molar-refractivity contribution < 1.29 is 23.8 Å². The van der Waals surface area contributed by atoms with Crippen LogP contribution in [0.3, 0.4) is 0 Å². The maximum absolute atomic E-state index is 13.8. The zero-order chi connectivity index (χ0) is 28.2. The Morgan fingerprint density at radius 2 is 1.85 bits per heavy atom. The van der Waals surface area contributed by atoms with Gasteiger partial charge in [-0.1, -0.05) is 47.7 Å². The second-order valence-electron chi connectivity index (χ2n) is 9.50. The molecule has 5 rings (SSSR count). The number of methoxy groups -OCH3 is 1. The van der Waals surface area contributed by atoms with E-state index in [4.69, 9.17) is 14.2 Å². The first-order valence-corrected chi connectivity index (χ1v) is 14.1. The zero-order valence-electron chi connectivity index (χ0n) is 22.7. The van der Waals surface area contributed by atoms with E-state index in [0.29, 0.717) is 32.1 Å². The van der Waals surface area contributed by atoms with Gasteiger partial charge in [-0.15, -0.1) is 0 Å². The minimum absolute atomic E-state index is 0.0461. The van der Waals surface area contributed by atoms with Gasteiger partial charge in [-0.2, -0.15) is 0 Å². The highest BCUT2D eigenvalue weighted by Gasteiger charge is 2.33. The van der Waals surface area contributed by atoms with Gasteiger partial charge in [-0.25, -0.2) is 9.79 Å². The Kier molecular flexibility index (Phi) is 8.16. The normalized spacial score (nSPS) is 16.9. The van der Waals surface area contributed by atoms with Gasteiger partial charge in [0.15, 0.2) is 22.9 Å². The van der Waals surface area contributed by atoms with Gasteiger partial charge in [0.2, 0.25) is 0 Å². The third kappa shape index (κ3) is 5.44. The fraction of sp³-hybridized carbons (Fsp3) is 0.333. The van der Waals surface area contributed by atoms with Gasteiger partial charge in [0.25, 0.3) is 11.5 Å². The number of ether oxygens (including phenoxy) is 3. The van der Waals surface area contributed by atoms with E-state index in [1.807, 2.05) is 30.3 Å². The predicted octanol–water partition coefficient (Wildman–Crippen LogP) is 2.81. The van der Waals surface area contributed by atoms with E-state index >= 15 is 0 Å². The number of rotatable bonds is 8. The summed E-state index contributed by atoms with van der Waals surface area (Å²) in [4.78, 5) is 46.1. The number of carbonyl (C=O) groups excluding carboxylic acids is 2. The Hall–Kier alpha value is -4.18. The van der Waals surface area contributed by atoms with Crippen LogP contribution < -0.4 is 24.4 Å². The molecule has 1 amide bonds. The van der Waals surface area contributed by atoms with Gasteiger partial charge >= 0.3 is 5.97 Å². The van der Waals surface area contributed by atoms with Crippen LogP contribution in [0.4, 0.5) is 0 Å². The second-order valence-corrected chi connectivity index (χ2v) is 10.5. The lowest BCUT2D eigenvalue weighted by atomic mass is 9.96. The smallest absolute Gasteiger partial charge is 0.338 e. The molecule has 208 valence electrons. The number of hydrogen-bond acceptors (Lipinski definition) is 8. The first-order valence-electron chi connectivity index (χ1n) is 13.2. The van der Waals surface area contributed by atoms with E-state index in [2.05, 4.69) is 4.99 Å². The fourth-order valence-electron chi connectivity index (χ4n) is 4.98. The van der Waals surface area contributed by atoms with Crippen LogP contribution in [0.2, 0.25) is 0 Å². The monoisotopic (exact) mass is 561 g/mol. The summed E-state index contributed by atoms with van der Waals surface area (Å²) in [6.45, 7) is 5.20. The quantitative estimate of drug-likeness (QED) is 0.392. The van der Waals surface area contributed by atoms with Gasteiger partial charge < -0.3 is 19.1 Å². The molecule has 1 fully saturated rings. The molecule has 0 unspecified atom stereocenters. The molecule has 0 bridgehead atoms. The Morgan fingerprint density at radius 1 is 1.10 bits per heavy atom. The van der Waals surface area contributed by atoms with E-state index in [1.165, 1.54) is 18.4 Å². The van der Waals surface area contributed by atoms with Gasteiger partial charge in [0, 0.05) is 13.1 Å². The summed E-state index contributed by atoms with van der Waals surface area (Å²) >= 11 is 1.25. The molecule has 2 aromatic carbocycles. The number of nitrogens with zero attached hydrogens (tertiary/aromatic N) is 3. The van der Waals surface area contributed by atoms with Crippen LogP contribution in [-0.4, -0.2) is 54.8 Å². The second kappa shape index (κ2) is 11.9. The van der Waals surface area contributed by atoms with Crippen molar-refractivity contribution in [2.45, 2.75) is 32.7 Å². The molecule has 0 radical (unpaired) electrons. The van der Waals surface area contributed by atoms with E-state index in [9.17, 15) is 14.4 Å². The molecule has 0 aliphatic carbocycles. The van der Waals surface area contributed by atoms with Crippen molar-refractivity contribution in [1.82, 2.24) is 9.47 Å². The molecule has 2 aliphatic heterocycles. The highest BCUT2D eigenvalue weighted by atomic mass is 32.1. The number of esters is 1. The SMILES string of the molecule is CCOC(=O)C1=C(C)N=c2s/c(=C/c3ccc(OCC(=O)N4CCCC4)c(OC)c3)c(=O)n2[C@H]1c1ccccc1. The summed E-state index contributed by atoms with van der Waals surface area (Å²) in [5.41, 5.74) is 2.12. The third-order valence-electron chi connectivity index (χ3n) is 6.93. The molecule has 0 N–H and O–H groups in total. The van der Waals surface area contributed by atoms with Crippen LogP contribution in [-0.2, 0) is 14.3 Å². The molecule has 1 atom stereocenters. The van der Waals surface area contributed by atoms with Gasteiger partial charge in [-0.3, -0.25) is 14.2 Å². The lowest BCUT2D eigenvalue weighted by Crippen LogP contribution is -2.39. The molecule has 9 nitrogen and oxygen atoms in total. The molecule has 3 heterocycles. The van der Waals surface area contributed by atoms with E-state index in [0.717, 1.165) is 37.1 Å². The standard InChI is InChI=1S/C30H31N3O6S/c1-4-38-29(36)26-19(2)31-30-33(27(26)21-10-6-5-7-11-21)28(35)24(40-30)17-20-12-13-22(23(16-20)37-3)39-18-25(34)32-14-8-9-15-32/h5-7,10-13,16-17,27H,4,8-9,14-15,18H2,1-3H3/b24-17+/t27-/m0/s1. The number of benzene rings is 2. The van der Waals surface area contributed by atoms with E-state index in [-0.39, 0.29) is 24.7 Å². The molecule has 3 aromatic rings. The van der Waals surface area contributed by atoms with Crippen LogP contribution in [0.1, 0.15) is 43.9 Å². The average Bonchev–Trinajstić information content (AvgIpc) is 3.60. The summed E-state index contributed by atoms with van der Waals surface area (Å²) in [6, 6.07) is 14.0. The van der Waals surface area contributed by atoms with E-state index < -0.39 is 12.0 Å². The maximum atomic E-state index is 13.8. The number of fused-ring (bicyclic) bond motifs is 1. The Morgan fingerprint density at radius 3 is 2.55 bits per heavy atom. The van der Waals surface area contributed by atoms with Gasteiger partial charge in [-0.05, 0) is 56.0 Å². The average molecular weight is 562 g/mol. The molecule has 10 heteroatoms. The van der Waals surface area contributed by atoms with Crippen LogP contribution in [0, 0.1) is 0 Å². The number of aromatic nitrogens is 1. The third-order valence-corrected chi connectivity index (χ3v) is 7.91. The Balaban J connectivity index is 1.50. The number of amides is 1. The first-order chi connectivity index (χ1) is 19.4. The summed E-state index contributed by atoms with van der Waals surface area (Å²) in [6.07, 6.45) is 3.80. The fourth-order valence-corrected chi connectivity index (χ4v) is 6.03. The van der Waals surface area contributed by atoms with Crippen molar-refractivity contribution in [3.63, 3.8) is 0 Å². The molecule has 1 aromatic heterocycles. The van der Waals surface area contributed by atoms with Crippen LogP contribution in [0.25, 0.3) is 6.08 Å². The number of carbonyl (C=O) groups is 2. The first kappa shape index (κ1) is 27.4. The Labute approximate surface area is 235 Å². The number of likely N-dealkylation sites (tertiary alicyclic amines) is 1. The number of hydrogen-bond donors (Lipinski definition) is 0. The Bertz CT molecular complexity index is 1630. The van der Waals surface area contributed by atoms with Crippen LogP contribution in [0.5, 0.6) is 11.5 Å². The van der Waals surface area contributed by atoms with Crippen LogP contribution >= 0.6 is 11.3 Å². The minimum Gasteiger partial charge on any atom is -0.493 e. The van der Waals surface area contributed by atoms with Crippen LogP contribution in [0.15, 0.2) is 69.6 Å². The summed E-state index contributed by atoms with van der Waals surface area (Å²) in [5.74, 6) is 0.372. The maximum Gasteiger partial charge on any atom is 0.338 e. The topological polar surface area (TPSA) is 99.4 Å². The van der Waals surface area contributed by atoms with Crippen molar-refractivity contribution in [1.29, 1.82) is 0 Å². The van der Waals surface area contributed by atoms with Crippen molar-refractivity contribution in [2.24, 2.45) is 4.99 Å². The molecule has 0 spiro atoms. The largest absolute Gasteiger partial charge is 0.493 e. The molecule has 0 saturated carbocycles. The van der Waals surface area contributed by atoms with Crippen molar-refractivity contribution in [2.75, 3.05) is 33.4 Å². The van der Waals surface area contributed by atoms with Crippen molar-refractivity contribution in [3.05, 3.63) is 90.6 Å². The van der Waals surface area contributed by atoms with Crippen molar-refractivity contribution >= 4 is 29.3 Å². The highest BCUT2D eigenvalue weighted by molar-refractivity contribution is 7.07. The van der Waals surface area contributed by atoms with E-state index in [1.54, 1.807) is 47.6 Å². The number of thiazole rings is 1. The van der Waals surface area contributed by atoms with Gasteiger partial charge in [0.05, 0.1) is 35.6 Å². The lowest BCUT2D eigenvalue weighted by Gasteiger charge is -2.24. The predicted molar refractivity (Wildman–Crippen MR) is 151 cm³/mol. The molecular formula is C30H31N3O6S. The van der Waals surface area contributed by atoms with Gasteiger partial charge in [0.1, 0.15) is 0 Å². The summed E-state index contributed by atoms with van der Waals surface area (Å²) in [7, 11) is 1.53. The molecular weight excluding hydrogens is 530 g/mol. The van der Waals surface area contributed by atoms with Crippen molar-refractivity contribution in [3.8, 4) is 11.5 Å². The minimum atomic E-state index is -0.655. The zero-order valence-corrected chi connectivity index (χ0v) is 23.5. The molecule has 2 aliphatic rings.